The maximum absolute atomic E-state index is 10.5. The van der Waals surface area contributed by atoms with Crippen LogP contribution in [-0.2, 0) is 4.74 Å². The highest BCUT2D eigenvalue weighted by molar-refractivity contribution is 7.18. The Bertz CT molecular complexity index is 643. The predicted octanol–water partition coefficient (Wildman–Crippen LogP) is 2.14. The molecule has 1 saturated heterocycles. The summed E-state index contributed by atoms with van der Waals surface area (Å²) in [5.41, 5.74) is 7.66. The van der Waals surface area contributed by atoms with Gasteiger partial charge < -0.3 is 20.9 Å². The van der Waals surface area contributed by atoms with Crippen LogP contribution in [-0.4, -0.2) is 34.9 Å². The quantitative estimate of drug-likeness (QED) is 0.755. The summed E-state index contributed by atoms with van der Waals surface area (Å²) in [6, 6.07) is 3.87. The highest BCUT2D eigenvalue weighted by Gasteiger charge is 2.39. The molecule has 0 amide bonds. The van der Waals surface area contributed by atoms with E-state index >= 15 is 0 Å². The lowest BCUT2D eigenvalue weighted by Crippen LogP contribution is -2.43. The molecule has 1 aliphatic rings. The number of nitrogen functional groups attached to an aromatic ring is 1. The molecule has 0 bridgehead atoms. The lowest BCUT2D eigenvalue weighted by molar-refractivity contribution is -0.0175. The van der Waals surface area contributed by atoms with E-state index in [1.165, 1.54) is 0 Å². The summed E-state index contributed by atoms with van der Waals surface area (Å²) in [5, 5.41) is 14.7. The van der Waals surface area contributed by atoms with Crippen LogP contribution < -0.4 is 11.1 Å². The average molecular weight is 293 g/mol. The second-order valence-electron chi connectivity index (χ2n) is 5.36. The first-order chi connectivity index (χ1) is 9.48. The van der Waals surface area contributed by atoms with Crippen molar-refractivity contribution in [2.45, 2.75) is 32.0 Å². The van der Waals surface area contributed by atoms with Crippen LogP contribution in [0.15, 0.2) is 12.1 Å². The molecule has 0 aliphatic carbocycles. The predicted molar refractivity (Wildman–Crippen MR) is 82.2 cm³/mol. The van der Waals surface area contributed by atoms with Crippen LogP contribution in [0.3, 0.4) is 0 Å². The monoisotopic (exact) mass is 293 g/mol. The molecule has 0 spiro atoms. The number of benzene rings is 1. The standard InChI is InChI=1S/C14H19N3O2S/c1-8-14(18,3-4-19-8)7-16-11-6-12-13(5-10(11)15)20-9(2)17-12/h5-6,8,16,18H,3-4,7,15H2,1-2H3. The van der Waals surface area contributed by atoms with Crippen LogP contribution >= 0.6 is 11.3 Å². The number of nitrogens with one attached hydrogen (secondary N) is 1. The van der Waals surface area contributed by atoms with Gasteiger partial charge in [-0.15, -0.1) is 11.3 Å². The number of nitrogens with two attached hydrogens (primary N) is 1. The second kappa shape index (κ2) is 4.87. The number of thiazole rings is 1. The fourth-order valence-electron chi connectivity index (χ4n) is 2.51. The molecule has 2 heterocycles. The minimum Gasteiger partial charge on any atom is -0.397 e. The molecule has 5 nitrogen and oxygen atoms in total. The first-order valence-electron chi connectivity index (χ1n) is 6.72. The van der Waals surface area contributed by atoms with Crippen molar-refractivity contribution in [2.75, 3.05) is 24.2 Å². The molecule has 2 unspecified atom stereocenters. The van der Waals surface area contributed by atoms with Gasteiger partial charge in [-0.1, -0.05) is 0 Å². The minimum absolute atomic E-state index is 0.165. The van der Waals surface area contributed by atoms with E-state index in [1.54, 1.807) is 11.3 Å². The number of hydrogen-bond acceptors (Lipinski definition) is 6. The number of anilines is 2. The number of nitrogens with zero attached hydrogens (tertiary/aromatic N) is 1. The lowest BCUT2D eigenvalue weighted by atomic mass is 9.96. The number of aliphatic hydroxyl groups is 1. The fourth-order valence-corrected chi connectivity index (χ4v) is 3.37. The molecule has 3 rings (SSSR count). The SMILES string of the molecule is Cc1nc2cc(NCC3(O)CCOC3C)c(N)cc2s1. The third-order valence-electron chi connectivity index (χ3n) is 3.91. The zero-order valence-electron chi connectivity index (χ0n) is 11.6. The number of aryl methyl sites for hydroxylation is 1. The van der Waals surface area contributed by atoms with Crippen molar-refractivity contribution < 1.29 is 9.84 Å². The van der Waals surface area contributed by atoms with E-state index in [0.29, 0.717) is 25.3 Å². The van der Waals surface area contributed by atoms with Gasteiger partial charge in [-0.2, -0.15) is 0 Å². The van der Waals surface area contributed by atoms with Crippen molar-refractivity contribution in [3.63, 3.8) is 0 Å². The van der Waals surface area contributed by atoms with E-state index in [9.17, 15) is 5.11 Å². The molecule has 20 heavy (non-hydrogen) atoms. The van der Waals surface area contributed by atoms with Crippen LogP contribution in [0.25, 0.3) is 10.2 Å². The Hall–Kier alpha value is -1.37. The number of hydrogen-bond donors (Lipinski definition) is 3. The first kappa shape index (κ1) is 13.6. The second-order valence-corrected chi connectivity index (χ2v) is 6.59. The van der Waals surface area contributed by atoms with Crippen molar-refractivity contribution in [3.05, 3.63) is 17.1 Å². The van der Waals surface area contributed by atoms with Crippen LogP contribution in [0.4, 0.5) is 11.4 Å². The Kier molecular flexibility index (Phi) is 3.32. The van der Waals surface area contributed by atoms with E-state index in [0.717, 1.165) is 20.9 Å². The molecular weight excluding hydrogens is 274 g/mol. The molecule has 2 aromatic rings. The number of rotatable bonds is 3. The Morgan fingerprint density at radius 3 is 3.10 bits per heavy atom. The summed E-state index contributed by atoms with van der Waals surface area (Å²) < 4.78 is 6.51. The van der Waals surface area contributed by atoms with Gasteiger partial charge >= 0.3 is 0 Å². The van der Waals surface area contributed by atoms with Crippen molar-refractivity contribution in [1.29, 1.82) is 0 Å². The molecule has 4 N–H and O–H groups in total. The zero-order valence-corrected chi connectivity index (χ0v) is 12.5. The minimum atomic E-state index is -0.834. The van der Waals surface area contributed by atoms with Gasteiger partial charge in [0.1, 0.15) is 5.60 Å². The molecule has 1 aromatic heterocycles. The van der Waals surface area contributed by atoms with Crippen molar-refractivity contribution in [1.82, 2.24) is 4.98 Å². The topological polar surface area (TPSA) is 80.4 Å². The summed E-state index contributed by atoms with van der Waals surface area (Å²) in [6.07, 6.45) is 0.473. The van der Waals surface area contributed by atoms with Crippen molar-refractivity contribution >= 4 is 32.9 Å². The molecule has 1 aliphatic heterocycles. The molecule has 0 saturated carbocycles. The Labute approximate surface area is 121 Å². The summed E-state index contributed by atoms with van der Waals surface area (Å²) in [4.78, 5) is 4.46. The molecule has 6 heteroatoms. The zero-order chi connectivity index (χ0) is 14.3. The van der Waals surface area contributed by atoms with Crippen molar-refractivity contribution in [3.8, 4) is 0 Å². The van der Waals surface area contributed by atoms with Crippen LogP contribution in [0.1, 0.15) is 18.4 Å². The van der Waals surface area contributed by atoms with E-state index in [2.05, 4.69) is 10.3 Å². The molecule has 108 valence electrons. The number of aromatic nitrogens is 1. The van der Waals surface area contributed by atoms with Gasteiger partial charge in [0.25, 0.3) is 0 Å². The normalized spacial score (nSPS) is 26.2. The maximum Gasteiger partial charge on any atom is 0.110 e. The van der Waals surface area contributed by atoms with Gasteiger partial charge in [-0.05, 0) is 26.0 Å². The van der Waals surface area contributed by atoms with E-state index < -0.39 is 5.60 Å². The molecule has 0 radical (unpaired) electrons. The van der Waals surface area contributed by atoms with Gasteiger partial charge in [0.15, 0.2) is 0 Å². The average Bonchev–Trinajstić information content (AvgIpc) is 2.90. The number of fused-ring (bicyclic) bond motifs is 1. The van der Waals surface area contributed by atoms with Crippen LogP contribution in [0.2, 0.25) is 0 Å². The van der Waals surface area contributed by atoms with Gasteiger partial charge in [0.2, 0.25) is 0 Å². The lowest BCUT2D eigenvalue weighted by Gasteiger charge is -2.27. The highest BCUT2D eigenvalue weighted by atomic mass is 32.1. The summed E-state index contributed by atoms with van der Waals surface area (Å²) in [7, 11) is 0. The van der Waals surface area contributed by atoms with E-state index in [-0.39, 0.29) is 6.10 Å². The van der Waals surface area contributed by atoms with Crippen LogP contribution in [0.5, 0.6) is 0 Å². The van der Waals surface area contributed by atoms with E-state index in [4.69, 9.17) is 10.5 Å². The summed E-state index contributed by atoms with van der Waals surface area (Å²) >= 11 is 1.63. The maximum atomic E-state index is 10.5. The number of ether oxygens (including phenoxy) is 1. The third kappa shape index (κ3) is 2.34. The van der Waals surface area contributed by atoms with Crippen LogP contribution in [0, 0.1) is 6.92 Å². The molecule has 2 atom stereocenters. The first-order valence-corrected chi connectivity index (χ1v) is 7.54. The van der Waals surface area contributed by atoms with Gasteiger partial charge in [0, 0.05) is 19.6 Å². The van der Waals surface area contributed by atoms with Crippen molar-refractivity contribution in [2.24, 2.45) is 0 Å². The van der Waals surface area contributed by atoms with Gasteiger partial charge in [-0.25, -0.2) is 4.98 Å². The Morgan fingerprint density at radius 2 is 2.40 bits per heavy atom. The largest absolute Gasteiger partial charge is 0.397 e. The van der Waals surface area contributed by atoms with Gasteiger partial charge in [0.05, 0.1) is 32.7 Å². The summed E-state index contributed by atoms with van der Waals surface area (Å²) in [6.45, 7) is 4.89. The third-order valence-corrected chi connectivity index (χ3v) is 4.84. The van der Waals surface area contributed by atoms with Gasteiger partial charge in [-0.3, -0.25) is 0 Å². The highest BCUT2D eigenvalue weighted by Crippen LogP contribution is 2.31. The Balaban J connectivity index is 1.82. The molecule has 1 aromatic carbocycles. The fraction of sp³-hybridized carbons (Fsp3) is 0.500. The molecular formula is C14H19N3O2S. The smallest absolute Gasteiger partial charge is 0.110 e. The summed E-state index contributed by atoms with van der Waals surface area (Å²) in [5.74, 6) is 0. The molecule has 1 fully saturated rings. The Morgan fingerprint density at radius 1 is 1.60 bits per heavy atom. The van der Waals surface area contributed by atoms with E-state index in [1.807, 2.05) is 26.0 Å².